The SMILES string of the molecule is COc1ccc(NC(=O)c2ccc3c(c2)OCO3)cc1N. The van der Waals surface area contributed by atoms with Gasteiger partial charge in [0.15, 0.2) is 11.5 Å². The first-order valence-corrected chi connectivity index (χ1v) is 6.32. The summed E-state index contributed by atoms with van der Waals surface area (Å²) in [5, 5.41) is 2.77. The Kier molecular flexibility index (Phi) is 3.27. The highest BCUT2D eigenvalue weighted by Gasteiger charge is 2.16. The largest absolute Gasteiger partial charge is 0.495 e. The van der Waals surface area contributed by atoms with E-state index in [4.69, 9.17) is 19.9 Å². The van der Waals surface area contributed by atoms with Gasteiger partial charge >= 0.3 is 0 Å². The lowest BCUT2D eigenvalue weighted by Gasteiger charge is -2.09. The van der Waals surface area contributed by atoms with Crippen molar-refractivity contribution in [3.8, 4) is 17.2 Å². The van der Waals surface area contributed by atoms with Crippen molar-refractivity contribution in [2.45, 2.75) is 0 Å². The highest BCUT2D eigenvalue weighted by atomic mass is 16.7. The molecule has 2 aromatic carbocycles. The van der Waals surface area contributed by atoms with Crippen LogP contribution < -0.4 is 25.3 Å². The molecule has 0 atom stereocenters. The molecule has 3 N–H and O–H groups in total. The molecule has 0 aliphatic carbocycles. The number of amides is 1. The maximum absolute atomic E-state index is 12.2. The molecule has 1 amide bonds. The maximum Gasteiger partial charge on any atom is 0.255 e. The molecule has 2 aromatic rings. The van der Waals surface area contributed by atoms with Crippen LogP contribution in [0.25, 0.3) is 0 Å². The maximum atomic E-state index is 12.2. The van der Waals surface area contributed by atoms with Crippen molar-refractivity contribution in [1.82, 2.24) is 0 Å². The first-order valence-electron chi connectivity index (χ1n) is 6.32. The van der Waals surface area contributed by atoms with Gasteiger partial charge in [-0.2, -0.15) is 0 Å². The molecule has 0 fully saturated rings. The summed E-state index contributed by atoms with van der Waals surface area (Å²) in [6, 6.07) is 10.1. The molecule has 1 aliphatic heterocycles. The van der Waals surface area contributed by atoms with Crippen LogP contribution in [-0.4, -0.2) is 19.8 Å². The molecule has 6 nitrogen and oxygen atoms in total. The predicted molar refractivity (Wildman–Crippen MR) is 77.9 cm³/mol. The van der Waals surface area contributed by atoms with Crippen molar-refractivity contribution in [3.05, 3.63) is 42.0 Å². The summed E-state index contributed by atoms with van der Waals surface area (Å²) in [6.45, 7) is 0.176. The fourth-order valence-corrected chi connectivity index (χ4v) is 2.05. The van der Waals surface area contributed by atoms with Crippen LogP contribution in [0.5, 0.6) is 17.2 Å². The number of hydrogen-bond acceptors (Lipinski definition) is 5. The summed E-state index contributed by atoms with van der Waals surface area (Å²) in [5.41, 5.74) is 7.34. The summed E-state index contributed by atoms with van der Waals surface area (Å²) in [5.74, 6) is 1.52. The van der Waals surface area contributed by atoms with E-state index in [1.54, 1.807) is 36.4 Å². The molecule has 0 bridgehead atoms. The Morgan fingerprint density at radius 3 is 2.76 bits per heavy atom. The molecule has 21 heavy (non-hydrogen) atoms. The normalized spacial score (nSPS) is 12.0. The summed E-state index contributed by atoms with van der Waals surface area (Å²) in [4.78, 5) is 12.2. The lowest BCUT2D eigenvalue weighted by molar-refractivity contribution is 0.102. The van der Waals surface area contributed by atoms with E-state index in [2.05, 4.69) is 5.32 Å². The third-order valence-corrected chi connectivity index (χ3v) is 3.12. The minimum absolute atomic E-state index is 0.176. The monoisotopic (exact) mass is 286 g/mol. The van der Waals surface area contributed by atoms with Gasteiger partial charge in [-0.3, -0.25) is 4.79 Å². The van der Waals surface area contributed by atoms with E-state index in [0.717, 1.165) is 0 Å². The zero-order valence-electron chi connectivity index (χ0n) is 11.4. The van der Waals surface area contributed by atoms with E-state index in [-0.39, 0.29) is 12.7 Å². The Hall–Kier alpha value is -2.89. The van der Waals surface area contributed by atoms with E-state index in [1.807, 2.05) is 0 Å². The molecule has 0 radical (unpaired) electrons. The smallest absolute Gasteiger partial charge is 0.255 e. The summed E-state index contributed by atoms with van der Waals surface area (Å²) in [6.07, 6.45) is 0. The Morgan fingerprint density at radius 2 is 2.00 bits per heavy atom. The second-order valence-electron chi connectivity index (χ2n) is 4.48. The van der Waals surface area contributed by atoms with Gasteiger partial charge in [-0.15, -0.1) is 0 Å². The molecule has 3 rings (SSSR count). The second-order valence-corrected chi connectivity index (χ2v) is 4.48. The predicted octanol–water partition coefficient (Wildman–Crippen LogP) is 2.26. The Balaban J connectivity index is 1.78. The standard InChI is InChI=1S/C15H14N2O4/c1-19-12-5-3-10(7-11(12)16)17-15(18)9-2-4-13-14(6-9)21-8-20-13/h2-7H,8,16H2,1H3,(H,17,18). The molecule has 108 valence electrons. The number of hydrogen-bond donors (Lipinski definition) is 2. The third kappa shape index (κ3) is 2.55. The molecule has 1 heterocycles. The van der Waals surface area contributed by atoms with Gasteiger partial charge in [-0.25, -0.2) is 0 Å². The zero-order chi connectivity index (χ0) is 14.8. The van der Waals surface area contributed by atoms with Crippen molar-refractivity contribution in [2.24, 2.45) is 0 Å². The topological polar surface area (TPSA) is 82.8 Å². The lowest BCUT2D eigenvalue weighted by Crippen LogP contribution is -2.12. The number of carbonyl (C=O) groups excluding carboxylic acids is 1. The van der Waals surface area contributed by atoms with E-state index in [1.165, 1.54) is 7.11 Å². The summed E-state index contributed by atoms with van der Waals surface area (Å²) in [7, 11) is 1.54. The number of nitrogens with two attached hydrogens (primary N) is 1. The number of rotatable bonds is 3. The Bertz CT molecular complexity index is 700. The fourth-order valence-electron chi connectivity index (χ4n) is 2.05. The number of nitrogens with one attached hydrogen (secondary N) is 1. The molecule has 0 aromatic heterocycles. The van der Waals surface area contributed by atoms with Gasteiger partial charge in [-0.05, 0) is 36.4 Å². The van der Waals surface area contributed by atoms with Gasteiger partial charge in [0.25, 0.3) is 5.91 Å². The number of anilines is 2. The summed E-state index contributed by atoms with van der Waals surface area (Å²) >= 11 is 0. The number of ether oxygens (including phenoxy) is 3. The first-order chi connectivity index (χ1) is 10.2. The van der Waals surface area contributed by atoms with Crippen LogP contribution in [0.3, 0.4) is 0 Å². The van der Waals surface area contributed by atoms with Crippen molar-refractivity contribution in [3.63, 3.8) is 0 Å². The Morgan fingerprint density at radius 1 is 1.19 bits per heavy atom. The van der Waals surface area contributed by atoms with Gasteiger partial charge in [0.1, 0.15) is 5.75 Å². The molecule has 6 heteroatoms. The van der Waals surface area contributed by atoms with Gasteiger partial charge < -0.3 is 25.3 Å². The average molecular weight is 286 g/mol. The van der Waals surface area contributed by atoms with Crippen molar-refractivity contribution in [1.29, 1.82) is 0 Å². The zero-order valence-corrected chi connectivity index (χ0v) is 11.4. The van der Waals surface area contributed by atoms with Crippen LogP contribution in [-0.2, 0) is 0 Å². The van der Waals surface area contributed by atoms with Crippen molar-refractivity contribution in [2.75, 3.05) is 25.0 Å². The number of methoxy groups -OCH3 is 1. The summed E-state index contributed by atoms with van der Waals surface area (Å²) < 4.78 is 15.5. The van der Waals surface area contributed by atoms with E-state index >= 15 is 0 Å². The second kappa shape index (κ2) is 5.24. The van der Waals surface area contributed by atoms with Crippen LogP contribution in [0, 0.1) is 0 Å². The van der Waals surface area contributed by atoms with Gasteiger partial charge in [0.05, 0.1) is 12.8 Å². The molecule has 1 aliphatic rings. The quantitative estimate of drug-likeness (QED) is 0.846. The van der Waals surface area contributed by atoms with E-state index in [9.17, 15) is 4.79 Å². The van der Waals surface area contributed by atoms with Gasteiger partial charge in [0, 0.05) is 11.3 Å². The molecule has 0 saturated carbocycles. The highest BCUT2D eigenvalue weighted by molar-refractivity contribution is 6.05. The van der Waals surface area contributed by atoms with Crippen LogP contribution in [0.1, 0.15) is 10.4 Å². The lowest BCUT2D eigenvalue weighted by atomic mass is 10.2. The Labute approximate surface area is 121 Å². The first kappa shape index (κ1) is 13.1. The molecule has 0 saturated heterocycles. The molecule has 0 unspecified atom stereocenters. The number of carbonyl (C=O) groups is 1. The van der Waals surface area contributed by atoms with Crippen LogP contribution >= 0.6 is 0 Å². The number of nitrogen functional groups attached to an aromatic ring is 1. The molecular weight excluding hydrogens is 272 g/mol. The average Bonchev–Trinajstić information content (AvgIpc) is 2.94. The van der Waals surface area contributed by atoms with Gasteiger partial charge in [-0.1, -0.05) is 0 Å². The minimum Gasteiger partial charge on any atom is -0.495 e. The van der Waals surface area contributed by atoms with Crippen LogP contribution in [0.15, 0.2) is 36.4 Å². The van der Waals surface area contributed by atoms with Crippen LogP contribution in [0.4, 0.5) is 11.4 Å². The number of fused-ring (bicyclic) bond motifs is 1. The third-order valence-electron chi connectivity index (χ3n) is 3.12. The van der Waals surface area contributed by atoms with Crippen molar-refractivity contribution < 1.29 is 19.0 Å². The van der Waals surface area contributed by atoms with Crippen molar-refractivity contribution >= 4 is 17.3 Å². The van der Waals surface area contributed by atoms with Gasteiger partial charge in [0.2, 0.25) is 6.79 Å². The number of benzene rings is 2. The van der Waals surface area contributed by atoms with E-state index < -0.39 is 0 Å². The highest BCUT2D eigenvalue weighted by Crippen LogP contribution is 2.32. The fraction of sp³-hybridized carbons (Fsp3) is 0.133. The molecular formula is C15H14N2O4. The van der Waals surface area contributed by atoms with E-state index in [0.29, 0.717) is 34.2 Å². The minimum atomic E-state index is -0.252. The van der Waals surface area contributed by atoms with Crippen LogP contribution in [0.2, 0.25) is 0 Å². The molecule has 0 spiro atoms.